The van der Waals surface area contributed by atoms with Crippen molar-refractivity contribution in [1.82, 2.24) is 9.78 Å². The zero-order chi connectivity index (χ0) is 9.14. The number of hydrogen-bond donors (Lipinski definition) is 2. The first-order valence-electron chi connectivity index (χ1n) is 4.05. The molecule has 2 atom stereocenters. The summed E-state index contributed by atoms with van der Waals surface area (Å²) in [6.07, 6.45) is 3.22. The summed E-state index contributed by atoms with van der Waals surface area (Å²) >= 11 is 0. The lowest BCUT2D eigenvalue weighted by Crippen LogP contribution is -2.12. The van der Waals surface area contributed by atoms with Crippen molar-refractivity contribution in [2.75, 3.05) is 0 Å². The zero-order valence-corrected chi connectivity index (χ0v) is 7.44. The van der Waals surface area contributed by atoms with E-state index in [1.165, 1.54) is 0 Å². The van der Waals surface area contributed by atoms with E-state index < -0.39 is 0 Å². The minimum Gasteiger partial charge on any atom is -0.391 e. The van der Waals surface area contributed by atoms with Crippen molar-refractivity contribution in [2.24, 2.45) is 5.73 Å². The molecule has 4 nitrogen and oxygen atoms in total. The van der Waals surface area contributed by atoms with Crippen LogP contribution in [0.2, 0.25) is 0 Å². The van der Waals surface area contributed by atoms with E-state index in [-0.39, 0.29) is 12.1 Å². The standard InChI is InChI=1S/C8H15N3O/c1-6(12)4-11-5-8(3-10-11)7(2)9/h3,5-7,12H,4,9H2,1-2H3/t6?,7-/m1/s1. The Bertz CT molecular complexity index is 242. The Hall–Kier alpha value is -0.870. The number of rotatable bonds is 3. The maximum absolute atomic E-state index is 9.06. The van der Waals surface area contributed by atoms with E-state index in [1.807, 2.05) is 13.1 Å². The zero-order valence-electron chi connectivity index (χ0n) is 7.44. The minimum absolute atomic E-state index is 0.00717. The van der Waals surface area contributed by atoms with Crippen molar-refractivity contribution in [3.8, 4) is 0 Å². The second-order valence-corrected chi connectivity index (χ2v) is 3.13. The molecule has 3 N–H and O–H groups in total. The van der Waals surface area contributed by atoms with Crippen LogP contribution in [0.1, 0.15) is 25.5 Å². The molecule has 0 saturated heterocycles. The lowest BCUT2D eigenvalue weighted by atomic mass is 10.2. The van der Waals surface area contributed by atoms with Gasteiger partial charge in [0.2, 0.25) is 0 Å². The predicted octanol–water partition coefficient (Wildman–Crippen LogP) is 0.284. The third kappa shape index (κ3) is 2.32. The van der Waals surface area contributed by atoms with Gasteiger partial charge in [0.05, 0.1) is 18.8 Å². The van der Waals surface area contributed by atoms with Gasteiger partial charge < -0.3 is 10.8 Å². The summed E-state index contributed by atoms with van der Waals surface area (Å²) in [4.78, 5) is 0. The highest BCUT2D eigenvalue weighted by atomic mass is 16.3. The molecule has 0 fully saturated rings. The summed E-state index contributed by atoms with van der Waals surface area (Å²) in [5.41, 5.74) is 6.64. The maximum atomic E-state index is 9.06. The molecule has 0 spiro atoms. The van der Waals surface area contributed by atoms with E-state index in [2.05, 4.69) is 5.10 Å². The Kier molecular flexibility index (Phi) is 2.83. The van der Waals surface area contributed by atoms with Crippen LogP contribution in [0.5, 0.6) is 0 Å². The SMILES string of the molecule is CC(O)Cn1cc([C@@H](C)N)cn1. The molecule has 0 aliphatic carbocycles. The van der Waals surface area contributed by atoms with E-state index in [0.29, 0.717) is 6.54 Å². The quantitative estimate of drug-likeness (QED) is 0.683. The van der Waals surface area contributed by atoms with Crippen molar-refractivity contribution in [3.63, 3.8) is 0 Å². The minimum atomic E-state index is -0.370. The van der Waals surface area contributed by atoms with Gasteiger partial charge in [-0.15, -0.1) is 0 Å². The molecule has 0 saturated carbocycles. The van der Waals surface area contributed by atoms with Crippen LogP contribution in [0.15, 0.2) is 12.4 Å². The molecular formula is C8H15N3O. The Morgan fingerprint density at radius 2 is 2.33 bits per heavy atom. The fourth-order valence-corrected chi connectivity index (χ4v) is 0.985. The molecule has 1 aromatic rings. The number of aromatic nitrogens is 2. The van der Waals surface area contributed by atoms with Crippen molar-refractivity contribution in [1.29, 1.82) is 0 Å². The molecule has 0 bridgehead atoms. The Morgan fingerprint density at radius 1 is 1.67 bits per heavy atom. The van der Waals surface area contributed by atoms with Gasteiger partial charge >= 0.3 is 0 Å². The number of hydrogen-bond acceptors (Lipinski definition) is 3. The number of aliphatic hydroxyl groups is 1. The third-order valence-electron chi connectivity index (χ3n) is 1.63. The topological polar surface area (TPSA) is 64.1 Å². The highest BCUT2D eigenvalue weighted by Gasteiger charge is 2.03. The van der Waals surface area contributed by atoms with Crippen LogP contribution in [0, 0.1) is 0 Å². The Balaban J connectivity index is 2.64. The molecule has 68 valence electrons. The lowest BCUT2D eigenvalue weighted by molar-refractivity contribution is 0.168. The largest absolute Gasteiger partial charge is 0.391 e. The molecule has 1 unspecified atom stereocenters. The van der Waals surface area contributed by atoms with Crippen LogP contribution in [-0.4, -0.2) is 21.0 Å². The monoisotopic (exact) mass is 169 g/mol. The number of aliphatic hydroxyl groups excluding tert-OH is 1. The molecule has 0 aromatic carbocycles. The van der Waals surface area contributed by atoms with Gasteiger partial charge in [-0.1, -0.05) is 0 Å². The fraction of sp³-hybridized carbons (Fsp3) is 0.625. The van der Waals surface area contributed by atoms with Gasteiger partial charge in [0.15, 0.2) is 0 Å². The number of nitrogens with zero attached hydrogens (tertiary/aromatic N) is 2. The second-order valence-electron chi connectivity index (χ2n) is 3.13. The fourth-order valence-electron chi connectivity index (χ4n) is 0.985. The third-order valence-corrected chi connectivity index (χ3v) is 1.63. The molecule has 1 aromatic heterocycles. The van der Waals surface area contributed by atoms with Crippen LogP contribution >= 0.6 is 0 Å². The lowest BCUT2D eigenvalue weighted by Gasteiger charge is -2.03. The van der Waals surface area contributed by atoms with Crippen LogP contribution in [0.4, 0.5) is 0 Å². The predicted molar refractivity (Wildman–Crippen MR) is 46.5 cm³/mol. The smallest absolute Gasteiger partial charge is 0.0708 e. The summed E-state index contributed by atoms with van der Waals surface area (Å²) < 4.78 is 1.70. The van der Waals surface area contributed by atoms with Gasteiger partial charge in [0.1, 0.15) is 0 Å². The van der Waals surface area contributed by atoms with E-state index in [0.717, 1.165) is 5.56 Å². The molecule has 1 heterocycles. The second kappa shape index (κ2) is 3.69. The molecule has 0 aliphatic heterocycles. The molecule has 4 heteroatoms. The number of nitrogens with two attached hydrogens (primary N) is 1. The molecular weight excluding hydrogens is 154 g/mol. The van der Waals surface area contributed by atoms with Crippen molar-refractivity contribution < 1.29 is 5.11 Å². The first-order valence-corrected chi connectivity index (χ1v) is 4.05. The normalized spacial score (nSPS) is 16.0. The summed E-state index contributed by atoms with van der Waals surface area (Å²) in [7, 11) is 0. The average molecular weight is 169 g/mol. The maximum Gasteiger partial charge on any atom is 0.0708 e. The van der Waals surface area contributed by atoms with Crippen molar-refractivity contribution in [3.05, 3.63) is 18.0 Å². The van der Waals surface area contributed by atoms with Crippen molar-refractivity contribution in [2.45, 2.75) is 32.5 Å². The summed E-state index contributed by atoms with van der Waals surface area (Å²) in [5, 5.41) is 13.1. The van der Waals surface area contributed by atoms with Crippen LogP contribution in [-0.2, 0) is 6.54 Å². The van der Waals surface area contributed by atoms with Gasteiger partial charge in [-0.05, 0) is 13.8 Å². The van der Waals surface area contributed by atoms with Gasteiger partial charge in [0.25, 0.3) is 0 Å². The van der Waals surface area contributed by atoms with Crippen LogP contribution in [0.3, 0.4) is 0 Å². The Morgan fingerprint density at radius 3 is 2.75 bits per heavy atom. The van der Waals surface area contributed by atoms with Gasteiger partial charge in [0, 0.05) is 17.8 Å². The summed E-state index contributed by atoms with van der Waals surface area (Å²) in [6, 6.07) is 0.00717. The Labute approximate surface area is 72.0 Å². The highest BCUT2D eigenvalue weighted by Crippen LogP contribution is 2.07. The van der Waals surface area contributed by atoms with E-state index in [1.54, 1.807) is 17.8 Å². The highest BCUT2D eigenvalue weighted by molar-refractivity contribution is 5.08. The first kappa shape index (κ1) is 9.22. The molecule has 0 aliphatic rings. The summed E-state index contributed by atoms with van der Waals surface area (Å²) in [5.74, 6) is 0. The van der Waals surface area contributed by atoms with Crippen LogP contribution < -0.4 is 5.73 Å². The molecule has 1 rings (SSSR count). The molecule has 12 heavy (non-hydrogen) atoms. The average Bonchev–Trinajstić information content (AvgIpc) is 2.34. The van der Waals surface area contributed by atoms with Gasteiger partial charge in [-0.25, -0.2) is 0 Å². The molecule has 0 radical (unpaired) electrons. The van der Waals surface area contributed by atoms with E-state index >= 15 is 0 Å². The van der Waals surface area contributed by atoms with Gasteiger partial charge in [-0.3, -0.25) is 4.68 Å². The van der Waals surface area contributed by atoms with E-state index in [9.17, 15) is 0 Å². The van der Waals surface area contributed by atoms with Crippen molar-refractivity contribution >= 4 is 0 Å². The first-order chi connectivity index (χ1) is 5.59. The van der Waals surface area contributed by atoms with Gasteiger partial charge in [-0.2, -0.15) is 5.10 Å². The van der Waals surface area contributed by atoms with E-state index in [4.69, 9.17) is 10.8 Å². The summed E-state index contributed by atoms with van der Waals surface area (Å²) in [6.45, 7) is 4.16. The molecule has 0 amide bonds. The van der Waals surface area contributed by atoms with Crippen LogP contribution in [0.25, 0.3) is 0 Å².